The Hall–Kier alpha value is 1.25. The Kier molecular flexibility index (Phi) is 11.0. The molecule has 0 rings (SSSR count). The van der Waals surface area contributed by atoms with E-state index in [4.69, 9.17) is 4.74 Å². The standard InChI is InChI=1S/C7H14O4S.K/c1-7(2)6-11-4-3-5-12(8,9)10;/h1,3-6H2,2H3,(H,8,9,10);/q;+1/p-1. The van der Waals surface area contributed by atoms with Gasteiger partial charge in [-0.05, 0) is 13.3 Å². The fourth-order valence-corrected chi connectivity index (χ4v) is 1.06. The van der Waals surface area contributed by atoms with E-state index in [1.807, 2.05) is 6.92 Å². The summed E-state index contributed by atoms with van der Waals surface area (Å²) in [5.74, 6) is -0.358. The summed E-state index contributed by atoms with van der Waals surface area (Å²) >= 11 is 0. The molecule has 0 bridgehead atoms. The van der Waals surface area contributed by atoms with Crippen LogP contribution in [-0.2, 0) is 14.9 Å². The molecule has 0 unspecified atom stereocenters. The molecule has 72 valence electrons. The van der Waals surface area contributed by atoms with Gasteiger partial charge in [0.2, 0.25) is 0 Å². The van der Waals surface area contributed by atoms with Crippen LogP contribution >= 0.6 is 0 Å². The third kappa shape index (κ3) is 16.0. The van der Waals surface area contributed by atoms with Gasteiger partial charge in [-0.15, -0.1) is 0 Å². The van der Waals surface area contributed by atoms with Gasteiger partial charge in [0, 0.05) is 12.4 Å². The topological polar surface area (TPSA) is 66.4 Å². The van der Waals surface area contributed by atoms with E-state index in [1.165, 1.54) is 0 Å². The van der Waals surface area contributed by atoms with Gasteiger partial charge in [-0.2, -0.15) is 0 Å². The normalized spacial score (nSPS) is 10.6. The summed E-state index contributed by atoms with van der Waals surface area (Å²) in [7, 11) is -4.08. The maximum absolute atomic E-state index is 10.1. The minimum Gasteiger partial charge on any atom is -0.748 e. The van der Waals surface area contributed by atoms with Crippen LogP contribution in [0.2, 0.25) is 0 Å². The van der Waals surface area contributed by atoms with E-state index < -0.39 is 10.1 Å². The Morgan fingerprint density at radius 2 is 2.08 bits per heavy atom. The van der Waals surface area contributed by atoms with E-state index in [1.54, 1.807) is 0 Å². The Morgan fingerprint density at radius 1 is 1.54 bits per heavy atom. The Morgan fingerprint density at radius 3 is 2.46 bits per heavy atom. The van der Waals surface area contributed by atoms with E-state index in [0.29, 0.717) is 6.61 Å². The van der Waals surface area contributed by atoms with E-state index in [0.717, 1.165) is 5.57 Å². The largest absolute Gasteiger partial charge is 1.00 e. The molecule has 0 aliphatic heterocycles. The van der Waals surface area contributed by atoms with Crippen LogP contribution < -0.4 is 51.4 Å². The first-order chi connectivity index (χ1) is 5.42. The molecule has 0 aliphatic carbocycles. The molecule has 0 amide bonds. The molecule has 0 aromatic heterocycles. The van der Waals surface area contributed by atoms with E-state index >= 15 is 0 Å². The van der Waals surface area contributed by atoms with Crippen molar-refractivity contribution < 1.29 is 69.1 Å². The van der Waals surface area contributed by atoms with Crippen molar-refractivity contribution in [3.8, 4) is 0 Å². The minimum atomic E-state index is -4.08. The number of rotatable bonds is 6. The van der Waals surface area contributed by atoms with Gasteiger partial charge in [0.15, 0.2) is 0 Å². The van der Waals surface area contributed by atoms with Crippen molar-refractivity contribution in [2.45, 2.75) is 13.3 Å². The molecule has 0 aliphatic rings. The second kappa shape index (κ2) is 8.55. The predicted octanol–water partition coefficient (Wildman–Crippen LogP) is -2.48. The van der Waals surface area contributed by atoms with Crippen LogP contribution in [0, 0.1) is 0 Å². The molecule has 0 aromatic carbocycles. The minimum absolute atomic E-state index is 0. The fourth-order valence-electron chi connectivity index (χ4n) is 0.584. The Bertz CT molecular complexity index is 235. The van der Waals surface area contributed by atoms with E-state index in [9.17, 15) is 13.0 Å². The summed E-state index contributed by atoms with van der Waals surface area (Å²) in [5.41, 5.74) is 0.875. The zero-order valence-corrected chi connectivity index (χ0v) is 12.0. The van der Waals surface area contributed by atoms with E-state index in [2.05, 4.69) is 6.58 Å². The summed E-state index contributed by atoms with van der Waals surface area (Å²) in [6.45, 7) is 6.11. The molecule has 4 nitrogen and oxygen atoms in total. The number of hydrogen-bond acceptors (Lipinski definition) is 4. The second-order valence-electron chi connectivity index (χ2n) is 2.63. The van der Waals surface area contributed by atoms with Gasteiger partial charge in [-0.25, -0.2) is 8.42 Å². The van der Waals surface area contributed by atoms with Crippen molar-refractivity contribution in [2.75, 3.05) is 19.0 Å². The van der Waals surface area contributed by atoms with Crippen LogP contribution in [0.3, 0.4) is 0 Å². The van der Waals surface area contributed by atoms with Crippen LogP contribution in [0.1, 0.15) is 13.3 Å². The summed E-state index contributed by atoms with van der Waals surface area (Å²) in [6, 6.07) is 0. The third-order valence-electron chi connectivity index (χ3n) is 1.03. The predicted molar refractivity (Wildman–Crippen MR) is 44.8 cm³/mol. The second-order valence-corrected chi connectivity index (χ2v) is 4.15. The quantitative estimate of drug-likeness (QED) is 0.220. The van der Waals surface area contributed by atoms with Gasteiger partial charge in [0.25, 0.3) is 0 Å². The Balaban J connectivity index is 0. The van der Waals surface area contributed by atoms with Gasteiger partial charge in [0.1, 0.15) is 0 Å². The van der Waals surface area contributed by atoms with Crippen molar-refractivity contribution in [3.05, 3.63) is 12.2 Å². The summed E-state index contributed by atoms with van der Waals surface area (Å²) < 4.78 is 35.3. The summed E-state index contributed by atoms with van der Waals surface area (Å²) in [4.78, 5) is 0. The fraction of sp³-hybridized carbons (Fsp3) is 0.714. The first-order valence-electron chi connectivity index (χ1n) is 3.57. The summed E-state index contributed by atoms with van der Waals surface area (Å²) in [5, 5.41) is 0. The molecule has 6 heteroatoms. The smallest absolute Gasteiger partial charge is 0.748 e. The van der Waals surface area contributed by atoms with Gasteiger partial charge >= 0.3 is 51.4 Å². The molecule has 0 fully saturated rings. The van der Waals surface area contributed by atoms with Crippen molar-refractivity contribution in [1.82, 2.24) is 0 Å². The van der Waals surface area contributed by atoms with Crippen LogP contribution in [0.25, 0.3) is 0 Å². The third-order valence-corrected chi connectivity index (χ3v) is 1.82. The van der Waals surface area contributed by atoms with Gasteiger partial charge in [-0.1, -0.05) is 12.2 Å². The molecule has 0 spiro atoms. The molecular formula is C7H13KO4S. The maximum Gasteiger partial charge on any atom is 1.00 e. The first-order valence-corrected chi connectivity index (χ1v) is 5.15. The average Bonchev–Trinajstić information content (AvgIpc) is 1.83. The zero-order valence-electron chi connectivity index (χ0n) is 8.08. The molecule has 0 N–H and O–H groups in total. The molecule has 13 heavy (non-hydrogen) atoms. The molecule has 0 radical (unpaired) electrons. The SMILES string of the molecule is C=C(C)COCCCS(=O)(=O)[O-].[K+]. The first kappa shape index (κ1) is 16.7. The molecule has 0 heterocycles. The summed E-state index contributed by atoms with van der Waals surface area (Å²) in [6.07, 6.45) is 0.249. The number of hydrogen-bond donors (Lipinski definition) is 0. The van der Waals surface area contributed by atoms with Crippen LogP contribution in [0.4, 0.5) is 0 Å². The van der Waals surface area contributed by atoms with Gasteiger partial charge in [-0.3, -0.25) is 0 Å². The molecule has 0 atom stereocenters. The zero-order chi connectivity index (χ0) is 9.61. The monoisotopic (exact) mass is 232 g/mol. The average molecular weight is 232 g/mol. The van der Waals surface area contributed by atoms with Gasteiger partial charge < -0.3 is 9.29 Å². The van der Waals surface area contributed by atoms with Crippen LogP contribution in [0.15, 0.2) is 12.2 Å². The molecular weight excluding hydrogens is 219 g/mol. The van der Waals surface area contributed by atoms with Crippen LogP contribution in [-0.4, -0.2) is 31.9 Å². The van der Waals surface area contributed by atoms with Crippen molar-refractivity contribution in [2.24, 2.45) is 0 Å². The van der Waals surface area contributed by atoms with Crippen molar-refractivity contribution in [1.29, 1.82) is 0 Å². The molecule has 0 saturated carbocycles. The Labute approximate surface area is 122 Å². The maximum atomic E-state index is 10.1. The van der Waals surface area contributed by atoms with Gasteiger partial charge in [0.05, 0.1) is 16.7 Å². The molecule has 0 aromatic rings. The van der Waals surface area contributed by atoms with Crippen LogP contribution in [0.5, 0.6) is 0 Å². The van der Waals surface area contributed by atoms with E-state index in [-0.39, 0.29) is 70.2 Å². The molecule has 0 saturated heterocycles. The number of ether oxygens (including phenoxy) is 1. The van der Waals surface area contributed by atoms with Crippen molar-refractivity contribution >= 4 is 10.1 Å². The van der Waals surface area contributed by atoms with Crippen molar-refractivity contribution in [3.63, 3.8) is 0 Å².